The number of halogens is 1. The van der Waals surface area contributed by atoms with E-state index in [2.05, 4.69) is 16.8 Å². The van der Waals surface area contributed by atoms with Gasteiger partial charge in [0, 0.05) is 18.0 Å². The molecule has 1 aliphatic rings. The summed E-state index contributed by atoms with van der Waals surface area (Å²) in [6, 6.07) is 0.567. The molecule has 1 atom stereocenters. The first kappa shape index (κ1) is 13.8. The molecule has 2 rings (SSSR count). The second-order valence-corrected chi connectivity index (χ2v) is 5.78. The minimum Gasteiger partial charge on any atom is -0.345 e. The molecule has 0 saturated carbocycles. The highest BCUT2D eigenvalue weighted by molar-refractivity contribution is 7.14. The van der Waals surface area contributed by atoms with Crippen LogP contribution >= 0.6 is 22.9 Å². The topological polar surface area (TPSA) is 33.2 Å². The molecule has 5 heteroatoms. The lowest BCUT2D eigenvalue weighted by atomic mass is 10.1. The SMILES string of the molecule is CCC1CCCCCN1c1nc(C(=O)CCl)cs1. The van der Waals surface area contributed by atoms with Crippen molar-refractivity contribution in [2.75, 3.05) is 17.3 Å². The standard InChI is InChI=1S/C13H19ClN2OS/c1-2-10-6-4-3-5-7-16(10)13-15-11(9-18-13)12(17)8-14/h9-10H,2-8H2,1H3. The molecular formula is C13H19ClN2OS. The van der Waals surface area contributed by atoms with Crippen LogP contribution in [-0.2, 0) is 0 Å². The Morgan fingerprint density at radius 1 is 1.56 bits per heavy atom. The van der Waals surface area contributed by atoms with Gasteiger partial charge in [-0.2, -0.15) is 0 Å². The van der Waals surface area contributed by atoms with Gasteiger partial charge in [0.1, 0.15) is 5.69 Å². The molecule has 1 aromatic heterocycles. The molecule has 0 radical (unpaired) electrons. The molecule has 0 spiro atoms. The lowest BCUT2D eigenvalue weighted by molar-refractivity contribution is 0.101. The molecule has 0 amide bonds. The zero-order chi connectivity index (χ0) is 13.0. The quantitative estimate of drug-likeness (QED) is 0.625. The molecular weight excluding hydrogens is 268 g/mol. The third-order valence-corrected chi connectivity index (χ3v) is 4.61. The fraction of sp³-hybridized carbons (Fsp3) is 0.692. The monoisotopic (exact) mass is 286 g/mol. The summed E-state index contributed by atoms with van der Waals surface area (Å²) in [7, 11) is 0. The van der Waals surface area contributed by atoms with E-state index in [1.807, 2.05) is 5.38 Å². The van der Waals surface area contributed by atoms with Crippen molar-refractivity contribution < 1.29 is 4.79 Å². The number of hydrogen-bond donors (Lipinski definition) is 0. The van der Waals surface area contributed by atoms with Gasteiger partial charge in [-0.15, -0.1) is 22.9 Å². The van der Waals surface area contributed by atoms with Crippen molar-refractivity contribution in [2.24, 2.45) is 0 Å². The number of hydrogen-bond acceptors (Lipinski definition) is 4. The lowest BCUT2D eigenvalue weighted by Gasteiger charge is -2.28. The molecule has 1 aromatic rings. The maximum absolute atomic E-state index is 11.5. The van der Waals surface area contributed by atoms with Crippen LogP contribution < -0.4 is 4.90 Å². The average molecular weight is 287 g/mol. The Morgan fingerprint density at radius 2 is 2.39 bits per heavy atom. The van der Waals surface area contributed by atoms with Gasteiger partial charge in [-0.1, -0.05) is 19.8 Å². The van der Waals surface area contributed by atoms with Crippen LogP contribution in [0, 0.1) is 0 Å². The normalized spacial score (nSPS) is 20.8. The van der Waals surface area contributed by atoms with Crippen LogP contribution in [0.25, 0.3) is 0 Å². The second-order valence-electron chi connectivity index (χ2n) is 4.68. The average Bonchev–Trinajstić information content (AvgIpc) is 2.76. The third-order valence-electron chi connectivity index (χ3n) is 3.49. The summed E-state index contributed by atoms with van der Waals surface area (Å²) in [5.74, 6) is -0.0672. The van der Waals surface area contributed by atoms with Crippen molar-refractivity contribution in [3.8, 4) is 0 Å². The number of Topliss-reactive ketones (excluding diaryl/α,β-unsaturated/α-hetero) is 1. The Hall–Kier alpha value is -0.610. The van der Waals surface area contributed by atoms with Gasteiger partial charge in [0.25, 0.3) is 0 Å². The van der Waals surface area contributed by atoms with E-state index in [0.29, 0.717) is 11.7 Å². The molecule has 3 nitrogen and oxygen atoms in total. The van der Waals surface area contributed by atoms with E-state index in [9.17, 15) is 4.79 Å². The van der Waals surface area contributed by atoms with E-state index < -0.39 is 0 Å². The highest BCUT2D eigenvalue weighted by Crippen LogP contribution is 2.28. The van der Waals surface area contributed by atoms with Crippen molar-refractivity contribution in [1.82, 2.24) is 4.98 Å². The van der Waals surface area contributed by atoms with Gasteiger partial charge in [0.15, 0.2) is 10.9 Å². The maximum Gasteiger partial charge on any atom is 0.196 e. The highest BCUT2D eigenvalue weighted by Gasteiger charge is 2.22. The van der Waals surface area contributed by atoms with Crippen molar-refractivity contribution >= 4 is 33.9 Å². The van der Waals surface area contributed by atoms with Crippen molar-refractivity contribution in [3.63, 3.8) is 0 Å². The first-order valence-corrected chi connectivity index (χ1v) is 7.99. The maximum atomic E-state index is 11.5. The first-order chi connectivity index (χ1) is 8.76. The van der Waals surface area contributed by atoms with Gasteiger partial charge in [0.05, 0.1) is 5.88 Å². The van der Waals surface area contributed by atoms with Crippen LogP contribution in [0.1, 0.15) is 49.5 Å². The number of anilines is 1. The van der Waals surface area contributed by atoms with Crippen LogP contribution in [0.5, 0.6) is 0 Å². The van der Waals surface area contributed by atoms with E-state index in [4.69, 9.17) is 11.6 Å². The van der Waals surface area contributed by atoms with E-state index >= 15 is 0 Å². The molecule has 2 heterocycles. The minimum atomic E-state index is -0.0814. The fourth-order valence-corrected chi connectivity index (χ4v) is 3.51. The summed E-state index contributed by atoms with van der Waals surface area (Å²) in [5, 5.41) is 2.81. The summed E-state index contributed by atoms with van der Waals surface area (Å²) < 4.78 is 0. The van der Waals surface area contributed by atoms with Gasteiger partial charge in [-0.05, 0) is 19.3 Å². The Morgan fingerprint density at radius 3 is 3.11 bits per heavy atom. The Balaban J connectivity index is 2.17. The zero-order valence-electron chi connectivity index (χ0n) is 10.7. The third kappa shape index (κ3) is 3.04. The molecule has 18 heavy (non-hydrogen) atoms. The van der Waals surface area contributed by atoms with Gasteiger partial charge < -0.3 is 4.90 Å². The van der Waals surface area contributed by atoms with Gasteiger partial charge >= 0.3 is 0 Å². The minimum absolute atomic E-state index is 0.0143. The first-order valence-electron chi connectivity index (χ1n) is 6.57. The van der Waals surface area contributed by atoms with E-state index in [1.165, 1.54) is 25.7 Å². The number of rotatable bonds is 4. The van der Waals surface area contributed by atoms with Crippen molar-refractivity contribution in [3.05, 3.63) is 11.1 Å². The summed E-state index contributed by atoms with van der Waals surface area (Å²) in [5.41, 5.74) is 0.518. The van der Waals surface area contributed by atoms with Crippen LogP contribution in [0.3, 0.4) is 0 Å². The zero-order valence-corrected chi connectivity index (χ0v) is 12.3. The van der Waals surface area contributed by atoms with Gasteiger partial charge in [0.2, 0.25) is 0 Å². The Labute approximate surface area is 117 Å². The smallest absolute Gasteiger partial charge is 0.196 e. The summed E-state index contributed by atoms with van der Waals surface area (Å²) in [4.78, 5) is 18.4. The molecule has 0 bridgehead atoms. The van der Waals surface area contributed by atoms with Crippen LogP contribution in [0.15, 0.2) is 5.38 Å². The molecule has 1 saturated heterocycles. The number of aromatic nitrogens is 1. The molecule has 1 unspecified atom stereocenters. The summed E-state index contributed by atoms with van der Waals surface area (Å²) in [6.45, 7) is 3.28. The highest BCUT2D eigenvalue weighted by atomic mass is 35.5. The Kier molecular flexibility index (Phi) is 5.01. The fourth-order valence-electron chi connectivity index (χ4n) is 2.45. The number of nitrogens with zero attached hydrogens (tertiary/aromatic N) is 2. The van der Waals surface area contributed by atoms with Gasteiger partial charge in [-0.25, -0.2) is 4.98 Å². The van der Waals surface area contributed by atoms with Crippen LogP contribution in [0.2, 0.25) is 0 Å². The number of ketones is 1. The van der Waals surface area contributed by atoms with Crippen molar-refractivity contribution in [1.29, 1.82) is 0 Å². The molecule has 0 N–H and O–H groups in total. The van der Waals surface area contributed by atoms with Crippen LogP contribution in [-0.4, -0.2) is 29.2 Å². The van der Waals surface area contributed by atoms with E-state index in [1.54, 1.807) is 11.3 Å². The summed E-state index contributed by atoms with van der Waals surface area (Å²) >= 11 is 7.13. The van der Waals surface area contributed by atoms with E-state index in [-0.39, 0.29) is 11.7 Å². The number of carbonyl (C=O) groups excluding carboxylic acids is 1. The van der Waals surface area contributed by atoms with Crippen LogP contribution in [0.4, 0.5) is 5.13 Å². The number of alkyl halides is 1. The predicted octanol–water partition coefficient (Wildman–Crippen LogP) is 3.72. The Bertz CT molecular complexity index is 407. The molecule has 0 aromatic carbocycles. The number of thiazole rings is 1. The van der Waals surface area contributed by atoms with E-state index in [0.717, 1.165) is 18.1 Å². The molecule has 1 fully saturated rings. The van der Waals surface area contributed by atoms with Gasteiger partial charge in [-0.3, -0.25) is 4.79 Å². The lowest BCUT2D eigenvalue weighted by Crippen LogP contribution is -2.34. The predicted molar refractivity (Wildman–Crippen MR) is 77.1 cm³/mol. The summed E-state index contributed by atoms with van der Waals surface area (Å²) in [6.07, 6.45) is 6.18. The largest absolute Gasteiger partial charge is 0.345 e. The second kappa shape index (κ2) is 6.53. The number of carbonyl (C=O) groups is 1. The van der Waals surface area contributed by atoms with Crippen molar-refractivity contribution in [2.45, 2.75) is 45.1 Å². The molecule has 1 aliphatic heterocycles. The molecule has 0 aliphatic carbocycles. The molecule has 100 valence electrons.